The molecular weight excluding hydrogens is 488 g/mol. The van der Waals surface area contributed by atoms with Crippen LogP contribution in [0.1, 0.15) is 93.4 Å². The Kier molecular flexibility index (Phi) is 12.7. The molecule has 216 valence electrons. The van der Waals surface area contributed by atoms with Crippen molar-refractivity contribution in [2.75, 3.05) is 6.61 Å². The average Bonchev–Trinajstić information content (AvgIpc) is 2.82. The smallest absolute Gasteiger partial charge is 0.303 e. The highest BCUT2D eigenvalue weighted by atomic mass is 16.7. The third-order valence-corrected chi connectivity index (χ3v) is 7.35. The summed E-state index contributed by atoms with van der Waals surface area (Å²) >= 11 is 0. The second-order valence-corrected chi connectivity index (χ2v) is 11.4. The van der Waals surface area contributed by atoms with E-state index in [2.05, 4.69) is 39.0 Å². The van der Waals surface area contributed by atoms with Gasteiger partial charge in [0.25, 0.3) is 0 Å². The molecule has 0 amide bonds. The van der Waals surface area contributed by atoms with Crippen LogP contribution in [-0.2, 0) is 28.5 Å². The minimum Gasteiger partial charge on any atom is -0.463 e. The topological polar surface area (TPSA) is 112 Å². The van der Waals surface area contributed by atoms with Gasteiger partial charge in [0.2, 0.25) is 0 Å². The Morgan fingerprint density at radius 1 is 1.05 bits per heavy atom. The number of carbonyl (C=O) groups is 2. The molecular formula is C30H48O8. The number of hydrogen-bond acceptors (Lipinski definition) is 8. The van der Waals surface area contributed by atoms with Gasteiger partial charge < -0.3 is 29.2 Å². The molecule has 38 heavy (non-hydrogen) atoms. The quantitative estimate of drug-likeness (QED) is 0.315. The van der Waals surface area contributed by atoms with Crippen LogP contribution in [0.15, 0.2) is 34.9 Å². The number of hydrogen-bond donors (Lipinski definition) is 2. The van der Waals surface area contributed by atoms with E-state index in [1.165, 1.54) is 30.6 Å². The molecule has 0 saturated carbocycles. The fraction of sp³-hybridized carbons (Fsp3) is 0.733. The van der Waals surface area contributed by atoms with Crippen LogP contribution < -0.4 is 0 Å². The van der Waals surface area contributed by atoms with E-state index < -0.39 is 48.2 Å². The van der Waals surface area contributed by atoms with Crippen LogP contribution in [0, 0.1) is 5.92 Å². The van der Waals surface area contributed by atoms with Gasteiger partial charge in [-0.15, -0.1) is 0 Å². The van der Waals surface area contributed by atoms with Crippen molar-refractivity contribution in [1.82, 2.24) is 0 Å². The summed E-state index contributed by atoms with van der Waals surface area (Å²) < 4.78 is 22.1. The van der Waals surface area contributed by atoms with Gasteiger partial charge in [-0.2, -0.15) is 0 Å². The minimum atomic E-state index is -1.46. The molecule has 0 aromatic rings. The molecule has 2 N–H and O–H groups in total. The van der Waals surface area contributed by atoms with Crippen molar-refractivity contribution in [2.24, 2.45) is 5.92 Å². The Hall–Kier alpha value is -2.00. The highest BCUT2D eigenvalue weighted by molar-refractivity contribution is 5.66. The maximum absolute atomic E-state index is 11.5. The normalized spacial score (nSPS) is 32.4. The van der Waals surface area contributed by atoms with Crippen molar-refractivity contribution >= 4 is 11.9 Å². The number of ether oxygens (including phenoxy) is 4. The van der Waals surface area contributed by atoms with Crippen molar-refractivity contribution in [3.05, 3.63) is 34.9 Å². The van der Waals surface area contributed by atoms with E-state index in [0.29, 0.717) is 12.3 Å². The first kappa shape index (κ1) is 32.2. The number of aliphatic hydroxyl groups is 2. The highest BCUT2D eigenvalue weighted by Gasteiger charge is 2.48. The maximum Gasteiger partial charge on any atom is 0.303 e. The first-order valence-corrected chi connectivity index (χ1v) is 13.8. The standard InChI is InChI=1S/C30H48O8/c1-19-10-8-11-20(2)14-16-24(15-13-19)21(3)12-9-17-30(6,7)38-29-27(34)26(33)28(36-23(5)32)25(37-29)18-35-22(4)31/h10,12,14,24-29,33-34H,8-9,11,13,15-18H2,1-7H3/b19-10+,20-14+,21-12+/t24-,25+,26+,27+,28+,29-/m0/s1. The van der Waals surface area contributed by atoms with E-state index in [0.717, 1.165) is 38.5 Å². The van der Waals surface area contributed by atoms with Gasteiger partial charge in [-0.3, -0.25) is 9.59 Å². The Bertz CT molecular complexity index is 887. The van der Waals surface area contributed by atoms with Gasteiger partial charge in [-0.25, -0.2) is 0 Å². The molecule has 0 spiro atoms. The van der Waals surface area contributed by atoms with E-state index in [1.807, 2.05) is 13.8 Å². The Morgan fingerprint density at radius 2 is 1.74 bits per heavy atom. The average molecular weight is 537 g/mol. The first-order chi connectivity index (χ1) is 17.8. The zero-order valence-electron chi connectivity index (χ0n) is 24.2. The molecule has 1 saturated heterocycles. The van der Waals surface area contributed by atoms with E-state index in [9.17, 15) is 19.8 Å². The summed E-state index contributed by atoms with van der Waals surface area (Å²) in [6, 6.07) is 0. The lowest BCUT2D eigenvalue weighted by atomic mass is 9.87. The van der Waals surface area contributed by atoms with Gasteiger partial charge in [0.1, 0.15) is 24.9 Å². The predicted molar refractivity (Wildman–Crippen MR) is 145 cm³/mol. The Balaban J connectivity index is 2.02. The van der Waals surface area contributed by atoms with Crippen molar-refractivity contribution < 1.29 is 38.7 Å². The van der Waals surface area contributed by atoms with Crippen molar-refractivity contribution in [1.29, 1.82) is 0 Å². The third-order valence-electron chi connectivity index (χ3n) is 7.35. The van der Waals surface area contributed by atoms with Crippen LogP contribution in [0.4, 0.5) is 0 Å². The molecule has 2 aliphatic rings. The van der Waals surface area contributed by atoms with Gasteiger partial charge in [-0.1, -0.05) is 34.9 Å². The molecule has 0 aromatic heterocycles. The van der Waals surface area contributed by atoms with E-state index in [-0.39, 0.29) is 6.61 Å². The summed E-state index contributed by atoms with van der Waals surface area (Å²) in [5.74, 6) is -0.691. The molecule has 0 unspecified atom stereocenters. The monoisotopic (exact) mass is 536 g/mol. The number of esters is 2. The zero-order valence-corrected chi connectivity index (χ0v) is 24.2. The molecule has 0 radical (unpaired) electrons. The number of carbonyl (C=O) groups excluding carboxylic acids is 2. The van der Waals surface area contributed by atoms with E-state index in [4.69, 9.17) is 18.9 Å². The van der Waals surface area contributed by atoms with Crippen molar-refractivity contribution in [3.8, 4) is 0 Å². The van der Waals surface area contributed by atoms with Crippen molar-refractivity contribution in [3.63, 3.8) is 0 Å². The largest absolute Gasteiger partial charge is 0.463 e. The van der Waals surface area contributed by atoms with E-state index >= 15 is 0 Å². The summed E-state index contributed by atoms with van der Waals surface area (Å²) in [6.07, 6.45) is 7.73. The van der Waals surface area contributed by atoms with Gasteiger partial charge in [0.05, 0.1) is 5.60 Å². The fourth-order valence-corrected chi connectivity index (χ4v) is 4.89. The van der Waals surface area contributed by atoms with Gasteiger partial charge in [0, 0.05) is 13.8 Å². The van der Waals surface area contributed by atoms with Gasteiger partial charge in [-0.05, 0) is 85.5 Å². The molecule has 2 rings (SSSR count). The van der Waals surface area contributed by atoms with Crippen LogP contribution in [0.5, 0.6) is 0 Å². The zero-order chi connectivity index (χ0) is 28.5. The van der Waals surface area contributed by atoms with Crippen molar-refractivity contribution in [2.45, 2.75) is 130 Å². The molecule has 1 heterocycles. The predicted octanol–water partition coefficient (Wildman–Crippen LogP) is 4.92. The summed E-state index contributed by atoms with van der Waals surface area (Å²) in [4.78, 5) is 22.8. The summed E-state index contributed by atoms with van der Waals surface area (Å²) in [7, 11) is 0. The van der Waals surface area contributed by atoms with Crippen LogP contribution in [-0.4, -0.2) is 65.1 Å². The summed E-state index contributed by atoms with van der Waals surface area (Å²) in [5.41, 5.74) is 3.59. The summed E-state index contributed by atoms with van der Waals surface area (Å²) in [5, 5.41) is 21.3. The minimum absolute atomic E-state index is 0.247. The Morgan fingerprint density at radius 3 is 2.39 bits per heavy atom. The second-order valence-electron chi connectivity index (χ2n) is 11.4. The van der Waals surface area contributed by atoms with E-state index in [1.54, 1.807) is 0 Å². The first-order valence-electron chi connectivity index (χ1n) is 13.8. The lowest BCUT2D eigenvalue weighted by molar-refractivity contribution is -0.325. The van der Waals surface area contributed by atoms with Crippen LogP contribution in [0.3, 0.4) is 0 Å². The maximum atomic E-state index is 11.5. The number of allylic oxidation sites excluding steroid dienone is 6. The Labute approximate surface area is 228 Å². The lowest BCUT2D eigenvalue weighted by Gasteiger charge is -2.43. The molecule has 8 nitrogen and oxygen atoms in total. The molecule has 1 fully saturated rings. The summed E-state index contributed by atoms with van der Waals surface area (Å²) in [6.45, 7) is 12.6. The van der Waals surface area contributed by atoms with Gasteiger partial charge in [0.15, 0.2) is 12.4 Å². The van der Waals surface area contributed by atoms with Gasteiger partial charge >= 0.3 is 11.9 Å². The van der Waals surface area contributed by atoms with Crippen LogP contribution >= 0.6 is 0 Å². The SMILES string of the molecule is CC(=O)OC[C@H]1O[C@@H](OC(C)(C)CC/C=C(\C)[C@@H]2C/C=C(\C)CC/C=C(\C)CC2)[C@H](O)[C@@H](O)[C@@H]1OC(C)=O. The lowest BCUT2D eigenvalue weighted by Crippen LogP contribution is -2.61. The second kappa shape index (κ2) is 15.0. The highest BCUT2D eigenvalue weighted by Crippen LogP contribution is 2.31. The molecule has 8 heteroatoms. The molecule has 6 atom stereocenters. The molecule has 0 bridgehead atoms. The van der Waals surface area contributed by atoms with Crippen LogP contribution in [0.2, 0.25) is 0 Å². The molecule has 1 aliphatic carbocycles. The number of rotatable bonds is 9. The number of aliphatic hydroxyl groups excluding tert-OH is 2. The fourth-order valence-electron chi connectivity index (χ4n) is 4.89. The van der Waals surface area contributed by atoms with Crippen LogP contribution in [0.25, 0.3) is 0 Å². The molecule has 1 aliphatic heterocycles. The third kappa shape index (κ3) is 10.6. The molecule has 0 aromatic carbocycles.